The number of rotatable bonds is 17. The van der Waals surface area contributed by atoms with Gasteiger partial charge in [-0.1, -0.05) is 53.4 Å². The summed E-state index contributed by atoms with van der Waals surface area (Å²) >= 11 is -0.211. The molecule has 3 aromatic rings. The van der Waals surface area contributed by atoms with Crippen molar-refractivity contribution in [2.75, 3.05) is 26.2 Å². The third kappa shape index (κ3) is 22.5. The minimum atomic E-state index is -4.76. The van der Waals surface area contributed by atoms with Gasteiger partial charge in [-0.2, -0.15) is 0 Å². The Morgan fingerprint density at radius 3 is 1.40 bits per heavy atom. The maximum absolute atomic E-state index is 11.9. The Morgan fingerprint density at radius 2 is 1.06 bits per heavy atom. The van der Waals surface area contributed by atoms with E-state index in [4.69, 9.17) is 38.1 Å². The molecule has 2 aromatic heterocycles. The first-order valence-electron chi connectivity index (χ1n) is 17.8. The number of aryl methyl sites for hydroxylation is 2. The van der Waals surface area contributed by atoms with E-state index in [0.29, 0.717) is 28.5 Å². The van der Waals surface area contributed by atoms with Crippen molar-refractivity contribution < 1.29 is 49.3 Å². The van der Waals surface area contributed by atoms with E-state index in [1.165, 1.54) is 94.2 Å². The zero-order valence-electron chi connectivity index (χ0n) is 32.2. The Bertz CT molecular complexity index is 1590. The van der Waals surface area contributed by atoms with Crippen LogP contribution in [0.2, 0.25) is 0 Å². The first-order chi connectivity index (χ1) is 25.2. The first-order valence-corrected chi connectivity index (χ1v) is 27.2. The summed E-state index contributed by atoms with van der Waals surface area (Å²) in [5, 5.41) is 0. The van der Waals surface area contributed by atoms with Gasteiger partial charge in [0.25, 0.3) is 0 Å². The van der Waals surface area contributed by atoms with Gasteiger partial charge in [-0.3, -0.25) is 20.0 Å². The Labute approximate surface area is 352 Å². The molecule has 8 nitrogen and oxygen atoms in total. The van der Waals surface area contributed by atoms with Gasteiger partial charge in [-0.25, -0.2) is 8.42 Å². The Kier molecular flexibility index (Phi) is 29.9. The summed E-state index contributed by atoms with van der Waals surface area (Å²) in [4.78, 5) is 16.8. The maximum atomic E-state index is 11.9. The second kappa shape index (κ2) is 30.4. The average Bonchev–Trinajstić information content (AvgIpc) is 3.12. The molecular weight excluding hydrogens is 961 g/mol. The molecule has 0 atom stereocenters. The SMILES string of the molecule is CC(=Nc1ccc(N=C(C)c2cc(C)ccn2)c(S(=O)(=O)[O-])c1)c1cc(C)ccn1.CCCC[N+](CCCC)(CCCC)CCCC.[Cl][Pd][Cl].[Cl][Pd][Cl]. The summed E-state index contributed by atoms with van der Waals surface area (Å²) in [6.07, 6.45) is 14.4. The van der Waals surface area contributed by atoms with Crippen LogP contribution < -0.4 is 0 Å². The third-order valence-corrected chi connectivity index (χ3v) is 9.18. The molecule has 0 radical (unpaired) electrons. The normalized spacial score (nSPS) is 11.9. The van der Waals surface area contributed by atoms with E-state index in [0.717, 1.165) is 11.1 Å². The molecule has 0 unspecified atom stereocenters. The van der Waals surface area contributed by atoms with Gasteiger partial charge < -0.3 is 9.04 Å². The third-order valence-electron chi connectivity index (χ3n) is 8.31. The topological polar surface area (TPSA) is 108 Å². The summed E-state index contributed by atoms with van der Waals surface area (Å²) in [6, 6.07) is 11.8. The molecule has 0 saturated heterocycles. The summed E-state index contributed by atoms with van der Waals surface area (Å²) in [7, 11) is 14.5. The summed E-state index contributed by atoms with van der Waals surface area (Å²) in [6.45, 7) is 22.4. The number of nitrogens with zero attached hydrogens (tertiary/aromatic N) is 5. The Balaban J connectivity index is 0.000000996. The van der Waals surface area contributed by atoms with Crippen LogP contribution in [-0.2, 0) is 42.0 Å². The van der Waals surface area contributed by atoms with E-state index in [9.17, 15) is 13.0 Å². The number of pyridine rings is 2. The predicted molar refractivity (Wildman–Crippen MR) is 219 cm³/mol. The van der Waals surface area contributed by atoms with Crippen LogP contribution in [0.4, 0.5) is 11.4 Å². The molecule has 0 saturated carbocycles. The molecular formula is C38H57Cl4N5O3Pd2S. The van der Waals surface area contributed by atoms with Gasteiger partial charge >= 0.3 is 70.0 Å². The summed E-state index contributed by atoms with van der Waals surface area (Å²) in [5.74, 6) is 0. The fraction of sp³-hybridized carbons (Fsp3) is 0.526. The molecule has 3 rings (SSSR count). The van der Waals surface area contributed by atoms with Gasteiger partial charge in [0, 0.05) is 12.4 Å². The molecule has 1 aromatic carbocycles. The van der Waals surface area contributed by atoms with Crippen molar-refractivity contribution in [1.82, 2.24) is 9.97 Å². The van der Waals surface area contributed by atoms with Crippen LogP contribution in [0.1, 0.15) is 115 Å². The van der Waals surface area contributed by atoms with Crippen molar-refractivity contribution in [2.24, 2.45) is 9.98 Å². The molecule has 306 valence electrons. The number of aromatic nitrogens is 2. The zero-order chi connectivity index (χ0) is 40.3. The molecule has 0 aliphatic rings. The van der Waals surface area contributed by atoms with E-state index in [-0.39, 0.29) is 37.6 Å². The van der Waals surface area contributed by atoms with E-state index < -0.39 is 15.0 Å². The number of quaternary nitrogens is 1. The average molecular weight is 1020 g/mol. The van der Waals surface area contributed by atoms with Crippen LogP contribution in [0.15, 0.2) is 69.7 Å². The number of benzene rings is 1. The number of halogens is 4. The quantitative estimate of drug-likeness (QED) is 0.0579. The second-order valence-electron chi connectivity index (χ2n) is 12.7. The van der Waals surface area contributed by atoms with Crippen molar-refractivity contribution >= 4 is 71.0 Å². The van der Waals surface area contributed by atoms with E-state index in [1.54, 1.807) is 32.3 Å². The fourth-order valence-corrected chi connectivity index (χ4v) is 6.10. The Hall–Kier alpha value is -0.785. The van der Waals surface area contributed by atoms with Crippen molar-refractivity contribution in [2.45, 2.75) is 112 Å². The number of aliphatic imine (C=N–C) groups is 2. The van der Waals surface area contributed by atoms with E-state index >= 15 is 0 Å². The Morgan fingerprint density at radius 1 is 0.679 bits per heavy atom. The van der Waals surface area contributed by atoms with Crippen LogP contribution >= 0.6 is 38.1 Å². The van der Waals surface area contributed by atoms with Gasteiger partial charge in [-0.05, 0) is 107 Å². The minimum absolute atomic E-state index is 0.0519. The molecule has 15 heteroatoms. The van der Waals surface area contributed by atoms with Gasteiger partial charge in [0.2, 0.25) is 0 Å². The molecule has 0 bridgehead atoms. The second-order valence-corrected chi connectivity index (χ2v) is 18.7. The number of hydrogen-bond acceptors (Lipinski definition) is 7. The van der Waals surface area contributed by atoms with Crippen LogP contribution in [0.5, 0.6) is 0 Å². The van der Waals surface area contributed by atoms with Gasteiger partial charge in [0.05, 0.1) is 65.3 Å². The molecule has 53 heavy (non-hydrogen) atoms. The van der Waals surface area contributed by atoms with Crippen LogP contribution in [-0.4, -0.2) is 65.0 Å². The van der Waals surface area contributed by atoms with Gasteiger partial charge in [-0.15, -0.1) is 0 Å². The number of unbranched alkanes of at least 4 members (excludes halogenated alkanes) is 4. The van der Waals surface area contributed by atoms with Gasteiger partial charge in [0.15, 0.2) is 0 Å². The van der Waals surface area contributed by atoms with Crippen molar-refractivity contribution in [3.05, 3.63) is 77.4 Å². The molecule has 0 spiro atoms. The van der Waals surface area contributed by atoms with Crippen molar-refractivity contribution in [1.29, 1.82) is 0 Å². The van der Waals surface area contributed by atoms with E-state index in [1.807, 2.05) is 38.1 Å². The zero-order valence-corrected chi connectivity index (χ0v) is 39.1. The van der Waals surface area contributed by atoms with E-state index in [2.05, 4.69) is 47.6 Å². The molecule has 0 aliphatic heterocycles. The molecule has 0 fully saturated rings. The standard InChI is InChI=1S/C22H22N4O3S.C16H36N.4ClH.2Pd/c1-14-7-9-23-20(11-14)16(3)25-18-5-6-19(22(13-18)30(27,28)29)26-17(4)21-12-15(2)8-10-24-21;1-5-9-13-17(14-10-6-2,15-11-7-3)16-12-8-4;;;;;;/h5-13H,1-4H3,(H,27,28,29);5-16H2,1-4H3;4*1H;;/q;+1;;;;;2*+2/p-5. The fourth-order valence-electron chi connectivity index (χ4n) is 5.47. The van der Waals surface area contributed by atoms with Crippen LogP contribution in [0.3, 0.4) is 0 Å². The van der Waals surface area contributed by atoms with Crippen LogP contribution in [0, 0.1) is 13.8 Å². The summed E-state index contributed by atoms with van der Waals surface area (Å²) in [5.41, 5.74) is 4.78. The van der Waals surface area contributed by atoms with Crippen LogP contribution in [0.25, 0.3) is 0 Å². The summed E-state index contributed by atoms with van der Waals surface area (Å²) < 4.78 is 37.1. The molecule has 0 amide bonds. The first kappa shape index (κ1) is 52.2. The molecule has 2 heterocycles. The predicted octanol–water partition coefficient (Wildman–Crippen LogP) is 12.0. The molecule has 0 aliphatic carbocycles. The number of hydrogen-bond donors (Lipinski definition) is 0. The monoisotopic (exact) mass is 1020 g/mol. The van der Waals surface area contributed by atoms with Gasteiger partial charge in [0.1, 0.15) is 10.1 Å². The van der Waals surface area contributed by atoms with Crippen molar-refractivity contribution in [3.8, 4) is 0 Å². The van der Waals surface area contributed by atoms with Crippen molar-refractivity contribution in [3.63, 3.8) is 0 Å². The molecule has 0 N–H and O–H groups in total.